The zero-order valence-corrected chi connectivity index (χ0v) is 8.27. The summed E-state index contributed by atoms with van der Waals surface area (Å²) < 4.78 is 0. The maximum atomic E-state index is 10.6. The SMILES string of the molecule is NC(=O)/C=C/c1ccc(Cl)cc1[N+](=O)[O-]. The second-order valence-corrected chi connectivity index (χ2v) is 3.13. The fraction of sp³-hybridized carbons (Fsp3) is 0. The molecule has 1 aromatic rings. The predicted molar refractivity (Wildman–Crippen MR) is 56.3 cm³/mol. The van der Waals surface area contributed by atoms with Crippen LogP contribution < -0.4 is 5.73 Å². The number of nitrogens with two attached hydrogens (primary N) is 1. The Kier molecular flexibility index (Phi) is 3.41. The second-order valence-electron chi connectivity index (χ2n) is 2.70. The fourth-order valence-corrected chi connectivity index (χ4v) is 1.15. The molecule has 15 heavy (non-hydrogen) atoms. The van der Waals surface area contributed by atoms with Crippen molar-refractivity contribution in [2.75, 3.05) is 0 Å². The number of carbonyl (C=O) groups is 1. The first kappa shape index (κ1) is 11.2. The number of hydrogen-bond acceptors (Lipinski definition) is 3. The van der Waals surface area contributed by atoms with Gasteiger partial charge in [0.1, 0.15) is 0 Å². The van der Waals surface area contributed by atoms with E-state index in [0.717, 1.165) is 6.08 Å². The Bertz CT molecular complexity index is 443. The molecular weight excluding hydrogens is 220 g/mol. The van der Waals surface area contributed by atoms with Crippen molar-refractivity contribution in [3.05, 3.63) is 45.0 Å². The number of rotatable bonds is 3. The first-order chi connectivity index (χ1) is 7.00. The number of benzene rings is 1. The summed E-state index contributed by atoms with van der Waals surface area (Å²) in [6, 6.07) is 4.15. The van der Waals surface area contributed by atoms with E-state index in [2.05, 4.69) is 0 Å². The first-order valence-electron chi connectivity index (χ1n) is 3.92. The van der Waals surface area contributed by atoms with E-state index in [1.807, 2.05) is 0 Å². The fourth-order valence-electron chi connectivity index (χ4n) is 0.988. The van der Waals surface area contributed by atoms with Crippen LogP contribution >= 0.6 is 11.6 Å². The van der Waals surface area contributed by atoms with Gasteiger partial charge in [-0.25, -0.2) is 0 Å². The van der Waals surface area contributed by atoms with E-state index in [1.54, 1.807) is 0 Å². The summed E-state index contributed by atoms with van der Waals surface area (Å²) in [6.07, 6.45) is 2.33. The summed E-state index contributed by atoms with van der Waals surface area (Å²) in [5, 5.41) is 10.9. The van der Waals surface area contributed by atoms with E-state index in [0.29, 0.717) is 0 Å². The minimum absolute atomic E-state index is 0.167. The van der Waals surface area contributed by atoms with Crippen molar-refractivity contribution in [3.8, 4) is 0 Å². The molecule has 0 aliphatic rings. The highest BCUT2D eigenvalue weighted by Crippen LogP contribution is 2.24. The van der Waals surface area contributed by atoms with Crippen LogP contribution in [0.2, 0.25) is 5.02 Å². The number of nitro groups is 1. The van der Waals surface area contributed by atoms with Gasteiger partial charge in [0, 0.05) is 17.2 Å². The molecule has 0 radical (unpaired) electrons. The summed E-state index contributed by atoms with van der Waals surface area (Å²) in [5.41, 5.74) is 4.99. The molecule has 2 N–H and O–H groups in total. The zero-order chi connectivity index (χ0) is 11.4. The van der Waals surface area contributed by atoms with Crippen LogP contribution in [0.4, 0.5) is 5.69 Å². The van der Waals surface area contributed by atoms with Gasteiger partial charge in [-0.2, -0.15) is 0 Å². The van der Waals surface area contributed by atoms with Crippen molar-refractivity contribution in [2.45, 2.75) is 0 Å². The summed E-state index contributed by atoms with van der Waals surface area (Å²) in [4.78, 5) is 20.5. The van der Waals surface area contributed by atoms with Gasteiger partial charge in [-0.05, 0) is 18.2 Å². The molecule has 5 nitrogen and oxygen atoms in total. The molecule has 0 atom stereocenters. The van der Waals surface area contributed by atoms with Crippen molar-refractivity contribution in [2.24, 2.45) is 5.73 Å². The molecule has 0 spiro atoms. The molecular formula is C9H7ClN2O3. The minimum Gasteiger partial charge on any atom is -0.366 e. The molecule has 1 aromatic carbocycles. The monoisotopic (exact) mass is 226 g/mol. The van der Waals surface area contributed by atoms with Crippen LogP contribution in [0.3, 0.4) is 0 Å². The lowest BCUT2D eigenvalue weighted by molar-refractivity contribution is -0.385. The molecule has 0 aromatic heterocycles. The van der Waals surface area contributed by atoms with Crippen molar-refractivity contribution < 1.29 is 9.72 Å². The van der Waals surface area contributed by atoms with Gasteiger partial charge in [0.15, 0.2) is 0 Å². The number of amides is 1. The minimum atomic E-state index is -0.667. The quantitative estimate of drug-likeness (QED) is 0.484. The molecule has 0 heterocycles. The molecule has 0 aliphatic heterocycles. The van der Waals surface area contributed by atoms with Gasteiger partial charge in [-0.1, -0.05) is 11.6 Å². The summed E-state index contributed by atoms with van der Waals surface area (Å²) in [7, 11) is 0. The average molecular weight is 227 g/mol. The first-order valence-corrected chi connectivity index (χ1v) is 4.30. The lowest BCUT2D eigenvalue weighted by atomic mass is 10.1. The Balaban J connectivity index is 3.17. The van der Waals surface area contributed by atoms with E-state index in [4.69, 9.17) is 17.3 Å². The third-order valence-electron chi connectivity index (χ3n) is 1.62. The molecule has 0 aliphatic carbocycles. The summed E-state index contributed by atoms with van der Waals surface area (Å²) in [5.74, 6) is -0.667. The van der Waals surface area contributed by atoms with Gasteiger partial charge in [0.25, 0.3) is 5.69 Å². The van der Waals surface area contributed by atoms with Crippen LogP contribution in [0.25, 0.3) is 6.08 Å². The maximum absolute atomic E-state index is 10.6. The van der Waals surface area contributed by atoms with Gasteiger partial charge in [0.05, 0.1) is 10.5 Å². The van der Waals surface area contributed by atoms with E-state index in [9.17, 15) is 14.9 Å². The van der Waals surface area contributed by atoms with Crippen LogP contribution in [0.5, 0.6) is 0 Å². The molecule has 0 saturated carbocycles. The predicted octanol–water partition coefficient (Wildman–Crippen LogP) is 1.75. The lowest BCUT2D eigenvalue weighted by Crippen LogP contribution is -2.05. The zero-order valence-electron chi connectivity index (χ0n) is 7.51. The molecule has 1 amide bonds. The number of hydrogen-bond donors (Lipinski definition) is 1. The third-order valence-corrected chi connectivity index (χ3v) is 1.85. The largest absolute Gasteiger partial charge is 0.366 e. The Morgan fingerprint density at radius 1 is 1.53 bits per heavy atom. The molecule has 0 unspecified atom stereocenters. The van der Waals surface area contributed by atoms with Gasteiger partial charge < -0.3 is 5.73 Å². The smallest absolute Gasteiger partial charge is 0.278 e. The highest BCUT2D eigenvalue weighted by molar-refractivity contribution is 6.30. The lowest BCUT2D eigenvalue weighted by Gasteiger charge is -1.97. The molecule has 0 bridgehead atoms. The Labute approximate surface area is 90.3 Å². The molecule has 0 saturated heterocycles. The topological polar surface area (TPSA) is 86.2 Å². The van der Waals surface area contributed by atoms with Gasteiger partial charge >= 0.3 is 0 Å². The number of halogens is 1. The number of nitro benzene ring substituents is 1. The Morgan fingerprint density at radius 2 is 2.20 bits per heavy atom. The maximum Gasteiger partial charge on any atom is 0.278 e. The van der Waals surface area contributed by atoms with Crippen LogP contribution in [0.1, 0.15) is 5.56 Å². The Morgan fingerprint density at radius 3 is 2.73 bits per heavy atom. The number of nitrogens with zero attached hydrogens (tertiary/aromatic N) is 1. The standard InChI is InChI=1S/C9H7ClN2O3/c10-7-3-1-6(2-4-9(11)13)8(5-7)12(14)15/h1-5H,(H2,11,13)/b4-2+. The highest BCUT2D eigenvalue weighted by Gasteiger charge is 2.11. The van der Waals surface area contributed by atoms with Gasteiger partial charge in [0.2, 0.25) is 5.91 Å². The second kappa shape index (κ2) is 4.56. The van der Waals surface area contributed by atoms with E-state index in [-0.39, 0.29) is 16.3 Å². The van der Waals surface area contributed by atoms with Crippen LogP contribution in [0, 0.1) is 10.1 Å². The number of primary amides is 1. The molecule has 78 valence electrons. The molecule has 0 fully saturated rings. The van der Waals surface area contributed by atoms with Crippen molar-refractivity contribution in [1.29, 1.82) is 0 Å². The van der Waals surface area contributed by atoms with E-state index < -0.39 is 10.8 Å². The van der Waals surface area contributed by atoms with Crippen molar-refractivity contribution in [1.82, 2.24) is 0 Å². The third kappa shape index (κ3) is 3.07. The molecule has 6 heteroatoms. The summed E-state index contributed by atoms with van der Waals surface area (Å²) >= 11 is 5.60. The normalized spacial score (nSPS) is 10.5. The van der Waals surface area contributed by atoms with E-state index in [1.165, 1.54) is 24.3 Å². The van der Waals surface area contributed by atoms with Crippen LogP contribution in [-0.2, 0) is 4.79 Å². The van der Waals surface area contributed by atoms with Crippen LogP contribution in [-0.4, -0.2) is 10.8 Å². The van der Waals surface area contributed by atoms with Gasteiger partial charge in [-0.3, -0.25) is 14.9 Å². The van der Waals surface area contributed by atoms with Crippen LogP contribution in [0.15, 0.2) is 24.3 Å². The average Bonchev–Trinajstić information content (AvgIpc) is 2.15. The number of carbonyl (C=O) groups excluding carboxylic acids is 1. The van der Waals surface area contributed by atoms with Crippen molar-refractivity contribution >= 4 is 29.3 Å². The highest BCUT2D eigenvalue weighted by atomic mass is 35.5. The summed E-state index contributed by atoms with van der Waals surface area (Å²) in [6.45, 7) is 0. The van der Waals surface area contributed by atoms with E-state index >= 15 is 0 Å². The van der Waals surface area contributed by atoms with Gasteiger partial charge in [-0.15, -0.1) is 0 Å². The Hall–Kier alpha value is -1.88. The molecule has 1 rings (SSSR count). The van der Waals surface area contributed by atoms with Crippen molar-refractivity contribution in [3.63, 3.8) is 0 Å².